The second-order valence-corrected chi connectivity index (χ2v) is 16.7. The summed E-state index contributed by atoms with van der Waals surface area (Å²) in [5.41, 5.74) is 0.289. The summed E-state index contributed by atoms with van der Waals surface area (Å²) in [5, 5.41) is 11.7. The van der Waals surface area contributed by atoms with E-state index >= 15 is 0 Å². The molecule has 9 unspecified atom stereocenters. The monoisotopic (exact) mass is 625 g/mol. The molecule has 0 saturated heterocycles. The molecular formula is C33H55NO8S. The summed E-state index contributed by atoms with van der Waals surface area (Å²) in [6.07, 6.45) is 10.2. The third kappa shape index (κ3) is 7.42. The zero-order valence-corrected chi connectivity index (χ0v) is 27.9. The number of nitrogens with one attached hydrogen (secondary N) is 1. The van der Waals surface area contributed by atoms with Crippen LogP contribution >= 0.6 is 0 Å². The Bertz CT molecular complexity index is 1140. The topological polar surface area (TPSA) is 136 Å². The lowest BCUT2D eigenvalue weighted by Crippen LogP contribution is -2.58. The van der Waals surface area contributed by atoms with Gasteiger partial charge in [0.25, 0.3) is 0 Å². The number of rotatable bonds is 11. The lowest BCUT2D eigenvalue weighted by atomic mass is 9.43. The predicted octanol–water partition coefficient (Wildman–Crippen LogP) is 5.00. The Hall–Kier alpha value is -1.68. The van der Waals surface area contributed by atoms with Crippen molar-refractivity contribution in [3.8, 4) is 0 Å². The highest BCUT2D eigenvalue weighted by atomic mass is 32.2. The smallest absolute Gasteiger partial charge is 0.308 e. The molecule has 0 aromatic heterocycles. The average Bonchev–Trinajstić information content (AvgIpc) is 3.28. The second kappa shape index (κ2) is 13.4. The van der Waals surface area contributed by atoms with E-state index in [-0.39, 0.29) is 60.3 Å². The molecule has 4 aliphatic carbocycles. The fourth-order valence-electron chi connectivity index (χ4n) is 9.85. The number of aliphatic hydroxyl groups excluding tert-OH is 1. The first-order valence-corrected chi connectivity index (χ1v) is 18.5. The first-order valence-electron chi connectivity index (χ1n) is 16.6. The van der Waals surface area contributed by atoms with Crippen LogP contribution in [0.1, 0.15) is 112 Å². The molecule has 0 aliphatic heterocycles. The number of hydrogen-bond acceptors (Lipinski definition) is 8. The fraction of sp³-hybridized carbons (Fsp3) is 0.909. The van der Waals surface area contributed by atoms with Crippen molar-refractivity contribution in [3.63, 3.8) is 0 Å². The van der Waals surface area contributed by atoms with E-state index in [0.717, 1.165) is 64.0 Å². The number of aliphatic hydroxyl groups is 1. The number of sulfonamides is 1. The van der Waals surface area contributed by atoms with E-state index in [9.17, 15) is 27.9 Å². The average molecular weight is 626 g/mol. The molecule has 0 radical (unpaired) electrons. The van der Waals surface area contributed by atoms with Gasteiger partial charge in [-0.1, -0.05) is 34.6 Å². The largest absolute Gasteiger partial charge is 0.465 e. The van der Waals surface area contributed by atoms with Gasteiger partial charge in [0.05, 0.1) is 24.7 Å². The van der Waals surface area contributed by atoms with Crippen LogP contribution in [0.25, 0.3) is 0 Å². The van der Waals surface area contributed by atoms with E-state index in [1.165, 1.54) is 0 Å². The molecule has 10 heteroatoms. The van der Waals surface area contributed by atoms with Gasteiger partial charge in [-0.3, -0.25) is 19.1 Å². The van der Waals surface area contributed by atoms with Gasteiger partial charge in [0.2, 0.25) is 15.9 Å². The van der Waals surface area contributed by atoms with Gasteiger partial charge in [0.15, 0.2) is 0 Å². The van der Waals surface area contributed by atoms with Crippen molar-refractivity contribution in [2.45, 2.75) is 124 Å². The quantitative estimate of drug-likeness (QED) is 0.306. The Morgan fingerprint density at radius 3 is 2.33 bits per heavy atom. The third-order valence-corrected chi connectivity index (χ3v) is 13.0. The number of ether oxygens (including phenoxy) is 2. The van der Waals surface area contributed by atoms with Gasteiger partial charge in [-0.15, -0.1) is 0 Å². The minimum absolute atomic E-state index is 0.0368. The standard InChI is InChI=1S/C33H55NO8S/c1-7-20(2)31(38)42-23-12-15-32(4)22(18-23)19-27(35)30-25-10-9-24(33(25,5)16-13-26(30)32)21(3)8-11-29(37)41-17-14-28(36)34-43(6,39)40/h20-27,30,35H,7-19H2,1-6H3,(H,34,36)/t20?,21?,22?,23?,24?,25?,26?,27?,30?,32-,33+/m0/s1. The van der Waals surface area contributed by atoms with E-state index in [1.54, 1.807) is 0 Å². The van der Waals surface area contributed by atoms with Gasteiger partial charge in [-0.05, 0) is 111 Å². The van der Waals surface area contributed by atoms with Crippen molar-refractivity contribution in [2.24, 2.45) is 52.3 Å². The molecule has 11 atom stereocenters. The molecule has 0 aromatic carbocycles. The zero-order valence-electron chi connectivity index (χ0n) is 27.1. The van der Waals surface area contributed by atoms with Crippen molar-refractivity contribution in [3.05, 3.63) is 0 Å². The molecule has 0 heterocycles. The number of carbonyl (C=O) groups excluding carboxylic acids is 3. The summed E-state index contributed by atoms with van der Waals surface area (Å²) in [6.45, 7) is 10.9. The first kappa shape index (κ1) is 34.2. The van der Waals surface area contributed by atoms with E-state index in [0.29, 0.717) is 41.9 Å². The molecule has 43 heavy (non-hydrogen) atoms. The zero-order chi connectivity index (χ0) is 31.7. The summed E-state index contributed by atoms with van der Waals surface area (Å²) in [7, 11) is -3.62. The first-order chi connectivity index (χ1) is 20.1. The lowest BCUT2D eigenvalue weighted by molar-refractivity contribution is -0.184. The molecule has 4 fully saturated rings. The Kier molecular flexibility index (Phi) is 10.6. The van der Waals surface area contributed by atoms with Crippen LogP contribution in [0.3, 0.4) is 0 Å². The van der Waals surface area contributed by atoms with Crippen LogP contribution in [0.15, 0.2) is 0 Å². The molecule has 0 bridgehead atoms. The third-order valence-electron chi connectivity index (χ3n) is 12.4. The number of hydrogen-bond donors (Lipinski definition) is 2. The normalized spacial score (nSPS) is 38.5. The van der Waals surface area contributed by atoms with E-state index in [2.05, 4.69) is 20.8 Å². The maximum atomic E-state index is 12.5. The van der Waals surface area contributed by atoms with Crippen molar-refractivity contribution in [1.82, 2.24) is 4.72 Å². The van der Waals surface area contributed by atoms with Crippen LogP contribution in [0, 0.1) is 52.3 Å². The number of fused-ring (bicyclic) bond motifs is 5. The second-order valence-electron chi connectivity index (χ2n) is 15.0. The molecule has 0 aromatic rings. The maximum Gasteiger partial charge on any atom is 0.308 e. The Balaban J connectivity index is 1.32. The summed E-state index contributed by atoms with van der Waals surface area (Å²) in [5.74, 6) is 1.19. The van der Waals surface area contributed by atoms with Crippen molar-refractivity contribution < 1.29 is 37.4 Å². The molecule has 4 aliphatic rings. The minimum atomic E-state index is -3.62. The van der Waals surface area contributed by atoms with Gasteiger partial charge in [0.1, 0.15) is 12.7 Å². The Labute approximate surface area is 258 Å². The fourth-order valence-corrected chi connectivity index (χ4v) is 10.4. The van der Waals surface area contributed by atoms with Gasteiger partial charge in [-0.25, -0.2) is 8.42 Å². The Morgan fingerprint density at radius 2 is 1.65 bits per heavy atom. The van der Waals surface area contributed by atoms with Crippen molar-refractivity contribution >= 4 is 27.9 Å². The molecule has 2 N–H and O–H groups in total. The van der Waals surface area contributed by atoms with Gasteiger partial charge >= 0.3 is 11.9 Å². The highest BCUT2D eigenvalue weighted by molar-refractivity contribution is 7.89. The van der Waals surface area contributed by atoms with Crippen LogP contribution in [0.4, 0.5) is 0 Å². The van der Waals surface area contributed by atoms with Crippen LogP contribution in [0.5, 0.6) is 0 Å². The summed E-state index contributed by atoms with van der Waals surface area (Å²) in [4.78, 5) is 36.5. The minimum Gasteiger partial charge on any atom is -0.465 e. The van der Waals surface area contributed by atoms with E-state index < -0.39 is 15.9 Å². The summed E-state index contributed by atoms with van der Waals surface area (Å²) < 4.78 is 35.3. The molecule has 246 valence electrons. The number of esters is 2. The lowest BCUT2D eigenvalue weighted by Gasteiger charge is -2.62. The summed E-state index contributed by atoms with van der Waals surface area (Å²) in [6, 6.07) is 0. The van der Waals surface area contributed by atoms with Crippen LogP contribution in [-0.4, -0.2) is 56.4 Å². The summed E-state index contributed by atoms with van der Waals surface area (Å²) >= 11 is 0. The van der Waals surface area contributed by atoms with Gasteiger partial charge in [-0.2, -0.15) is 0 Å². The molecule has 9 nitrogen and oxygen atoms in total. The number of amides is 1. The van der Waals surface area contributed by atoms with Crippen LogP contribution < -0.4 is 4.72 Å². The van der Waals surface area contributed by atoms with Crippen molar-refractivity contribution in [2.75, 3.05) is 12.9 Å². The number of carbonyl (C=O) groups is 3. The molecular weight excluding hydrogens is 570 g/mol. The van der Waals surface area contributed by atoms with Gasteiger partial charge in [0, 0.05) is 6.42 Å². The highest BCUT2D eigenvalue weighted by Gasteiger charge is 2.63. The van der Waals surface area contributed by atoms with Crippen molar-refractivity contribution in [1.29, 1.82) is 0 Å². The molecule has 0 spiro atoms. The molecule has 1 amide bonds. The van der Waals surface area contributed by atoms with E-state index in [1.807, 2.05) is 18.6 Å². The van der Waals surface area contributed by atoms with Crippen LogP contribution in [0.2, 0.25) is 0 Å². The van der Waals surface area contributed by atoms with Gasteiger partial charge < -0.3 is 14.6 Å². The highest BCUT2D eigenvalue weighted by Crippen LogP contribution is 2.68. The maximum absolute atomic E-state index is 12.5. The van der Waals surface area contributed by atoms with E-state index in [4.69, 9.17) is 9.47 Å². The molecule has 4 rings (SSSR count). The Morgan fingerprint density at radius 1 is 0.977 bits per heavy atom. The van der Waals surface area contributed by atoms with Crippen LogP contribution in [-0.2, 0) is 33.9 Å². The predicted molar refractivity (Wildman–Crippen MR) is 163 cm³/mol. The SMILES string of the molecule is CCC(C)C(=O)OC1CC[C@@]2(C)C(C1)CC(O)C1C3CCC(C(C)CCC(=O)OCCC(=O)NS(C)(=O)=O)[C@@]3(C)CCC12. The molecule has 4 saturated carbocycles.